The van der Waals surface area contributed by atoms with Gasteiger partial charge in [-0.1, -0.05) is 42.5 Å². The third kappa shape index (κ3) is 4.38. The van der Waals surface area contributed by atoms with Crippen molar-refractivity contribution in [3.63, 3.8) is 0 Å². The van der Waals surface area contributed by atoms with Crippen LogP contribution in [0.25, 0.3) is 0 Å². The Labute approximate surface area is 143 Å². The molecule has 0 aliphatic heterocycles. The molecule has 0 aliphatic carbocycles. The molecule has 2 aromatic carbocycles. The van der Waals surface area contributed by atoms with E-state index in [2.05, 4.69) is 0 Å². The molecular weight excluding hydrogens is 350 g/mol. The first-order chi connectivity index (χ1) is 11.9. The van der Waals surface area contributed by atoms with Crippen LogP contribution >= 0.6 is 0 Å². The molecule has 25 heavy (non-hydrogen) atoms. The lowest BCUT2D eigenvalue weighted by atomic mass is 10.2. The standard InChI is InChI=1S/C15H15N3O6S/c19-15(16-20)11-17(10-12-6-2-1-3-7-12)25(23,24)14-9-5-4-8-13(14)18(21)22/h1-9,20H,10-11H2,(H,16,19). The van der Waals surface area contributed by atoms with Crippen LogP contribution in [0.2, 0.25) is 0 Å². The number of sulfonamides is 1. The maximum atomic E-state index is 12.9. The molecule has 0 aromatic heterocycles. The van der Waals surface area contributed by atoms with Crippen LogP contribution in [0.1, 0.15) is 5.56 Å². The topological polar surface area (TPSA) is 130 Å². The lowest BCUT2D eigenvalue weighted by Crippen LogP contribution is -2.39. The Hall–Kier alpha value is -2.82. The van der Waals surface area contributed by atoms with E-state index in [0.29, 0.717) is 5.56 Å². The number of benzene rings is 2. The van der Waals surface area contributed by atoms with E-state index in [1.807, 2.05) is 0 Å². The fourth-order valence-corrected chi connectivity index (χ4v) is 3.72. The normalized spacial score (nSPS) is 11.3. The van der Waals surface area contributed by atoms with Gasteiger partial charge >= 0.3 is 0 Å². The second-order valence-electron chi connectivity index (χ2n) is 5.02. The number of hydrogen-bond acceptors (Lipinski definition) is 6. The molecule has 0 unspecified atom stereocenters. The number of hydrogen-bond donors (Lipinski definition) is 2. The summed E-state index contributed by atoms with van der Waals surface area (Å²) in [4.78, 5) is 21.3. The Morgan fingerprint density at radius 2 is 1.72 bits per heavy atom. The smallest absolute Gasteiger partial charge is 0.289 e. The average molecular weight is 365 g/mol. The van der Waals surface area contributed by atoms with Gasteiger partial charge in [0, 0.05) is 12.6 Å². The molecule has 0 bridgehead atoms. The van der Waals surface area contributed by atoms with Crippen LogP contribution < -0.4 is 5.48 Å². The van der Waals surface area contributed by atoms with Crippen LogP contribution in [0, 0.1) is 10.1 Å². The zero-order valence-electron chi connectivity index (χ0n) is 12.9. The molecule has 0 radical (unpaired) electrons. The number of nitro benzene ring substituents is 1. The number of rotatable bonds is 7. The quantitative estimate of drug-likeness (QED) is 0.432. The van der Waals surface area contributed by atoms with E-state index in [1.165, 1.54) is 17.6 Å². The van der Waals surface area contributed by atoms with E-state index in [0.717, 1.165) is 16.4 Å². The summed E-state index contributed by atoms with van der Waals surface area (Å²) < 4.78 is 26.5. The van der Waals surface area contributed by atoms with Crippen molar-refractivity contribution >= 4 is 21.6 Å². The van der Waals surface area contributed by atoms with Crippen LogP contribution in [-0.4, -0.2) is 35.3 Å². The third-order valence-electron chi connectivity index (χ3n) is 3.33. The molecule has 10 heteroatoms. The summed E-state index contributed by atoms with van der Waals surface area (Å²) in [5.74, 6) is -0.960. The van der Waals surface area contributed by atoms with Crippen LogP contribution in [0.3, 0.4) is 0 Å². The van der Waals surface area contributed by atoms with Gasteiger partial charge in [0.2, 0.25) is 0 Å². The van der Waals surface area contributed by atoms with E-state index in [9.17, 15) is 23.3 Å². The van der Waals surface area contributed by atoms with E-state index in [1.54, 1.807) is 30.3 Å². The highest BCUT2D eigenvalue weighted by Crippen LogP contribution is 2.27. The van der Waals surface area contributed by atoms with Crippen LogP contribution in [0.4, 0.5) is 5.69 Å². The highest BCUT2D eigenvalue weighted by atomic mass is 32.2. The minimum Gasteiger partial charge on any atom is -0.289 e. The molecule has 0 spiro atoms. The SMILES string of the molecule is O=C(CN(Cc1ccccc1)S(=O)(=O)c1ccccc1[N+](=O)[O-])NO. The van der Waals surface area contributed by atoms with Gasteiger partial charge in [0.1, 0.15) is 0 Å². The Kier molecular flexibility index (Phi) is 5.80. The molecule has 2 aromatic rings. The molecule has 132 valence electrons. The lowest BCUT2D eigenvalue weighted by Gasteiger charge is -2.21. The fraction of sp³-hybridized carbons (Fsp3) is 0.133. The molecule has 0 aliphatic rings. The first-order valence-corrected chi connectivity index (χ1v) is 8.50. The molecule has 1 amide bonds. The van der Waals surface area contributed by atoms with Gasteiger partial charge in [0.05, 0.1) is 11.5 Å². The summed E-state index contributed by atoms with van der Waals surface area (Å²) in [5, 5.41) is 19.8. The predicted octanol–water partition coefficient (Wildman–Crippen LogP) is 1.29. The summed E-state index contributed by atoms with van der Waals surface area (Å²) in [6.07, 6.45) is 0. The fourth-order valence-electron chi connectivity index (χ4n) is 2.17. The summed E-state index contributed by atoms with van der Waals surface area (Å²) >= 11 is 0. The Balaban J connectivity index is 2.48. The summed E-state index contributed by atoms with van der Waals surface area (Å²) in [6.45, 7) is -0.886. The first-order valence-electron chi connectivity index (χ1n) is 7.06. The number of para-hydroxylation sites is 1. The Morgan fingerprint density at radius 1 is 1.12 bits per heavy atom. The molecule has 0 atom stereocenters. The molecule has 2 N–H and O–H groups in total. The van der Waals surface area contributed by atoms with Gasteiger partial charge < -0.3 is 0 Å². The van der Waals surface area contributed by atoms with Crippen LogP contribution in [-0.2, 0) is 21.4 Å². The minimum absolute atomic E-state index is 0.192. The molecule has 2 rings (SSSR count). The highest BCUT2D eigenvalue weighted by Gasteiger charge is 2.32. The van der Waals surface area contributed by atoms with Gasteiger partial charge in [-0.05, 0) is 11.6 Å². The van der Waals surface area contributed by atoms with Gasteiger partial charge in [-0.25, -0.2) is 13.9 Å². The molecular formula is C15H15N3O6S. The van der Waals surface area contributed by atoms with E-state index in [4.69, 9.17) is 5.21 Å². The van der Waals surface area contributed by atoms with Gasteiger partial charge in [-0.2, -0.15) is 4.31 Å². The number of nitrogens with zero attached hydrogens (tertiary/aromatic N) is 2. The number of carbonyl (C=O) groups is 1. The Bertz CT molecular complexity index is 870. The van der Waals surface area contributed by atoms with Crippen molar-refractivity contribution in [3.8, 4) is 0 Å². The third-order valence-corrected chi connectivity index (χ3v) is 5.17. The van der Waals surface area contributed by atoms with E-state index >= 15 is 0 Å². The minimum atomic E-state index is -4.36. The van der Waals surface area contributed by atoms with Crippen molar-refractivity contribution in [2.75, 3.05) is 6.54 Å². The van der Waals surface area contributed by atoms with Crippen LogP contribution in [0.5, 0.6) is 0 Å². The van der Waals surface area contributed by atoms with Crippen molar-refractivity contribution in [1.82, 2.24) is 9.79 Å². The second kappa shape index (κ2) is 7.83. The number of carbonyl (C=O) groups excluding carboxylic acids is 1. The molecule has 9 nitrogen and oxygen atoms in total. The van der Waals surface area contributed by atoms with Gasteiger partial charge in [-0.15, -0.1) is 0 Å². The van der Waals surface area contributed by atoms with Crippen molar-refractivity contribution in [2.45, 2.75) is 11.4 Å². The van der Waals surface area contributed by atoms with Gasteiger partial charge in [-0.3, -0.25) is 20.1 Å². The zero-order chi connectivity index (χ0) is 18.4. The zero-order valence-corrected chi connectivity index (χ0v) is 13.7. The van der Waals surface area contributed by atoms with Crippen molar-refractivity contribution in [2.24, 2.45) is 0 Å². The number of amides is 1. The second-order valence-corrected chi connectivity index (χ2v) is 6.92. The maximum Gasteiger partial charge on any atom is 0.289 e. The van der Waals surface area contributed by atoms with E-state index in [-0.39, 0.29) is 6.54 Å². The number of hydroxylamine groups is 1. The van der Waals surface area contributed by atoms with Crippen molar-refractivity contribution in [3.05, 3.63) is 70.3 Å². The largest absolute Gasteiger partial charge is 0.289 e. The molecule has 0 saturated heterocycles. The van der Waals surface area contributed by atoms with Crippen LogP contribution in [0.15, 0.2) is 59.5 Å². The maximum absolute atomic E-state index is 12.9. The molecule has 0 heterocycles. The summed E-state index contributed by atoms with van der Waals surface area (Å²) in [6, 6.07) is 13.3. The number of nitro groups is 1. The number of nitrogens with one attached hydrogen (secondary N) is 1. The molecule has 0 fully saturated rings. The lowest BCUT2D eigenvalue weighted by molar-refractivity contribution is -0.387. The van der Waals surface area contributed by atoms with E-state index < -0.39 is 38.0 Å². The first kappa shape index (κ1) is 18.5. The highest BCUT2D eigenvalue weighted by molar-refractivity contribution is 7.89. The monoisotopic (exact) mass is 365 g/mol. The Morgan fingerprint density at radius 3 is 2.32 bits per heavy atom. The van der Waals surface area contributed by atoms with Crippen molar-refractivity contribution in [1.29, 1.82) is 0 Å². The van der Waals surface area contributed by atoms with Crippen molar-refractivity contribution < 1.29 is 23.3 Å². The summed E-state index contributed by atoms with van der Waals surface area (Å²) in [7, 11) is -4.36. The predicted molar refractivity (Wildman–Crippen MR) is 87.1 cm³/mol. The average Bonchev–Trinajstić information content (AvgIpc) is 2.61. The molecule has 0 saturated carbocycles. The van der Waals surface area contributed by atoms with Gasteiger partial charge in [0.25, 0.3) is 21.6 Å². The van der Waals surface area contributed by atoms with Gasteiger partial charge in [0.15, 0.2) is 4.90 Å². The summed E-state index contributed by atoms with van der Waals surface area (Å²) in [5.41, 5.74) is 1.35.